The number of rotatable bonds is 2. The molecule has 100 valence electrons. The lowest BCUT2D eigenvalue weighted by Gasteiger charge is -2.27. The Bertz CT molecular complexity index is 283. The summed E-state index contributed by atoms with van der Waals surface area (Å²) in [7, 11) is 0. The highest BCUT2D eigenvalue weighted by atomic mass is 15.0. The van der Waals surface area contributed by atoms with E-state index in [-0.39, 0.29) is 5.54 Å². The highest BCUT2D eigenvalue weighted by molar-refractivity contribution is 5.09. The fraction of sp³-hybridized carbons (Fsp3) is 0.812. The highest BCUT2D eigenvalue weighted by Gasteiger charge is 2.27. The number of nitriles is 1. The summed E-state index contributed by atoms with van der Waals surface area (Å²) in [6.07, 6.45) is 18.7. The molecule has 1 N–H and O–H groups in total. The molecule has 0 aliphatic heterocycles. The van der Waals surface area contributed by atoms with Crippen molar-refractivity contribution in [2.24, 2.45) is 0 Å². The van der Waals surface area contributed by atoms with Crippen molar-refractivity contribution in [2.75, 3.05) is 6.54 Å². The van der Waals surface area contributed by atoms with Crippen molar-refractivity contribution in [3.63, 3.8) is 0 Å². The van der Waals surface area contributed by atoms with Gasteiger partial charge in [0.25, 0.3) is 0 Å². The molecule has 0 heterocycles. The van der Waals surface area contributed by atoms with Crippen LogP contribution in [0.15, 0.2) is 0 Å². The summed E-state index contributed by atoms with van der Waals surface area (Å²) in [6.45, 7) is 0.508. The molecule has 1 rings (SSSR count). The predicted molar refractivity (Wildman–Crippen MR) is 76.0 cm³/mol. The van der Waals surface area contributed by atoms with E-state index >= 15 is 0 Å². The number of nitrogens with one attached hydrogen (secondary N) is 1. The largest absolute Gasteiger partial charge is 0.288 e. The van der Waals surface area contributed by atoms with Crippen LogP contribution < -0.4 is 5.32 Å². The van der Waals surface area contributed by atoms with Crippen molar-refractivity contribution in [3.8, 4) is 18.4 Å². The third-order valence-corrected chi connectivity index (χ3v) is 3.95. The van der Waals surface area contributed by atoms with Crippen LogP contribution in [-0.2, 0) is 0 Å². The lowest BCUT2D eigenvalue weighted by atomic mass is 9.86. The van der Waals surface area contributed by atoms with Gasteiger partial charge in [-0.3, -0.25) is 5.32 Å². The first-order valence-corrected chi connectivity index (χ1v) is 7.43. The molecule has 1 saturated carbocycles. The van der Waals surface area contributed by atoms with Gasteiger partial charge >= 0.3 is 0 Å². The van der Waals surface area contributed by atoms with Crippen LogP contribution in [0.3, 0.4) is 0 Å². The van der Waals surface area contributed by atoms with Crippen LogP contribution in [0.4, 0.5) is 0 Å². The zero-order valence-electron chi connectivity index (χ0n) is 11.5. The standard InChI is InChI=1S/C16H26N2/c1-2-14-18-16(15-17)12-10-8-6-4-3-5-7-9-11-13-16/h1,18H,3-14H2. The predicted octanol–water partition coefficient (Wildman–Crippen LogP) is 3.78. The smallest absolute Gasteiger partial charge is 0.107 e. The molecule has 1 fully saturated rings. The van der Waals surface area contributed by atoms with Crippen molar-refractivity contribution in [1.82, 2.24) is 5.32 Å². The van der Waals surface area contributed by atoms with Gasteiger partial charge in [0.2, 0.25) is 0 Å². The van der Waals surface area contributed by atoms with E-state index in [2.05, 4.69) is 17.3 Å². The summed E-state index contributed by atoms with van der Waals surface area (Å²) in [6, 6.07) is 2.50. The third-order valence-electron chi connectivity index (χ3n) is 3.95. The molecule has 2 nitrogen and oxygen atoms in total. The Balaban J connectivity index is 2.53. The minimum Gasteiger partial charge on any atom is -0.288 e. The van der Waals surface area contributed by atoms with E-state index in [1.54, 1.807) is 0 Å². The Morgan fingerprint density at radius 2 is 1.33 bits per heavy atom. The van der Waals surface area contributed by atoms with Crippen molar-refractivity contribution >= 4 is 0 Å². The van der Waals surface area contributed by atoms with E-state index in [4.69, 9.17) is 6.42 Å². The van der Waals surface area contributed by atoms with Crippen LogP contribution >= 0.6 is 0 Å². The van der Waals surface area contributed by atoms with Gasteiger partial charge < -0.3 is 0 Å². The molecule has 2 heteroatoms. The lowest BCUT2D eigenvalue weighted by Crippen LogP contribution is -2.44. The molecular formula is C16H26N2. The molecule has 0 aromatic carbocycles. The lowest BCUT2D eigenvalue weighted by molar-refractivity contribution is 0.342. The number of hydrogen-bond donors (Lipinski definition) is 1. The summed E-state index contributed by atoms with van der Waals surface area (Å²) >= 11 is 0. The van der Waals surface area contributed by atoms with Gasteiger partial charge in [-0.05, 0) is 12.8 Å². The van der Waals surface area contributed by atoms with Crippen LogP contribution in [0, 0.1) is 23.7 Å². The van der Waals surface area contributed by atoms with Gasteiger partial charge in [0, 0.05) is 0 Å². The summed E-state index contributed by atoms with van der Waals surface area (Å²) in [5.74, 6) is 2.60. The molecule has 18 heavy (non-hydrogen) atoms. The molecule has 0 radical (unpaired) electrons. The maximum absolute atomic E-state index is 9.49. The maximum Gasteiger partial charge on any atom is 0.107 e. The van der Waals surface area contributed by atoms with E-state index in [0.717, 1.165) is 25.7 Å². The Labute approximate surface area is 112 Å². The topological polar surface area (TPSA) is 35.8 Å². The second kappa shape index (κ2) is 9.01. The monoisotopic (exact) mass is 246 g/mol. The summed E-state index contributed by atoms with van der Waals surface area (Å²) in [5, 5.41) is 12.8. The minimum atomic E-state index is -0.369. The minimum absolute atomic E-state index is 0.369. The normalized spacial score (nSPS) is 21.9. The SMILES string of the molecule is C#CCNC1(C#N)CCCCCCCCCCC1. The van der Waals surface area contributed by atoms with E-state index in [1.165, 1.54) is 44.9 Å². The average Bonchev–Trinajstić information content (AvgIpc) is 2.39. The second-order valence-corrected chi connectivity index (χ2v) is 5.43. The zero-order chi connectivity index (χ0) is 13.1. The first kappa shape index (κ1) is 15.1. The van der Waals surface area contributed by atoms with Crippen molar-refractivity contribution in [2.45, 2.75) is 76.2 Å². The van der Waals surface area contributed by atoms with Gasteiger partial charge in [0.15, 0.2) is 0 Å². The zero-order valence-corrected chi connectivity index (χ0v) is 11.5. The molecule has 0 aromatic heterocycles. The van der Waals surface area contributed by atoms with Gasteiger partial charge in [-0.15, -0.1) is 6.42 Å². The van der Waals surface area contributed by atoms with Gasteiger partial charge in [-0.25, -0.2) is 0 Å². The van der Waals surface area contributed by atoms with Crippen LogP contribution in [0.1, 0.15) is 70.6 Å². The number of nitrogens with zero attached hydrogens (tertiary/aromatic N) is 1. The molecular weight excluding hydrogens is 220 g/mol. The van der Waals surface area contributed by atoms with E-state index in [1.807, 2.05) is 0 Å². The van der Waals surface area contributed by atoms with E-state index in [9.17, 15) is 5.26 Å². The Hall–Kier alpha value is -0.990. The summed E-state index contributed by atoms with van der Waals surface area (Å²) in [4.78, 5) is 0. The molecule has 0 atom stereocenters. The van der Waals surface area contributed by atoms with Crippen LogP contribution in [0.25, 0.3) is 0 Å². The van der Waals surface area contributed by atoms with Gasteiger partial charge in [-0.1, -0.05) is 63.7 Å². The Morgan fingerprint density at radius 3 is 1.72 bits per heavy atom. The molecule has 0 spiro atoms. The first-order valence-electron chi connectivity index (χ1n) is 7.43. The maximum atomic E-state index is 9.49. The van der Waals surface area contributed by atoms with Gasteiger partial charge in [0.1, 0.15) is 5.54 Å². The van der Waals surface area contributed by atoms with Gasteiger partial charge in [0.05, 0.1) is 12.6 Å². The number of hydrogen-bond acceptors (Lipinski definition) is 2. The van der Waals surface area contributed by atoms with Crippen molar-refractivity contribution in [3.05, 3.63) is 0 Å². The van der Waals surface area contributed by atoms with Crippen LogP contribution in [0.2, 0.25) is 0 Å². The molecule has 0 bridgehead atoms. The summed E-state index contributed by atoms with van der Waals surface area (Å²) < 4.78 is 0. The van der Waals surface area contributed by atoms with Crippen molar-refractivity contribution < 1.29 is 0 Å². The molecule has 0 aromatic rings. The molecule has 0 amide bonds. The average molecular weight is 246 g/mol. The fourth-order valence-electron chi connectivity index (χ4n) is 2.76. The van der Waals surface area contributed by atoms with Crippen LogP contribution in [0.5, 0.6) is 0 Å². The molecule has 0 unspecified atom stereocenters. The van der Waals surface area contributed by atoms with Crippen LogP contribution in [-0.4, -0.2) is 12.1 Å². The highest BCUT2D eigenvalue weighted by Crippen LogP contribution is 2.24. The summed E-state index contributed by atoms with van der Waals surface area (Å²) in [5.41, 5.74) is -0.369. The quantitative estimate of drug-likeness (QED) is 0.753. The van der Waals surface area contributed by atoms with Gasteiger partial charge in [-0.2, -0.15) is 5.26 Å². The molecule has 1 aliphatic rings. The molecule has 1 aliphatic carbocycles. The fourth-order valence-corrected chi connectivity index (χ4v) is 2.76. The van der Waals surface area contributed by atoms with E-state index in [0.29, 0.717) is 6.54 Å². The first-order chi connectivity index (χ1) is 8.83. The number of terminal acetylenes is 1. The van der Waals surface area contributed by atoms with Crippen molar-refractivity contribution in [1.29, 1.82) is 5.26 Å². The third kappa shape index (κ3) is 5.56. The van der Waals surface area contributed by atoms with E-state index < -0.39 is 0 Å². The Kier molecular flexibility index (Phi) is 7.54. The second-order valence-electron chi connectivity index (χ2n) is 5.43. The Morgan fingerprint density at radius 1 is 0.889 bits per heavy atom. The molecule has 0 saturated heterocycles.